The number of unbranched alkanes of at least 4 members (excludes halogenated alkanes) is 14. The van der Waals surface area contributed by atoms with Crippen molar-refractivity contribution < 1.29 is 0 Å². The third-order valence-corrected chi connectivity index (χ3v) is 6.09. The third kappa shape index (κ3) is 15.3. The monoisotopic (exact) mass is 324 g/mol. The van der Waals surface area contributed by atoms with E-state index in [1.807, 2.05) is 0 Å². The van der Waals surface area contributed by atoms with Crippen molar-refractivity contribution in [2.24, 2.45) is 5.41 Å². The zero-order valence-corrected chi connectivity index (χ0v) is 17.2. The molecule has 0 bridgehead atoms. The first-order valence-corrected chi connectivity index (χ1v) is 11.2. The molecule has 0 amide bonds. The molecule has 0 unspecified atom stereocenters. The van der Waals surface area contributed by atoms with E-state index in [0.29, 0.717) is 5.41 Å². The summed E-state index contributed by atoms with van der Waals surface area (Å²) in [6.45, 7) is 9.48. The molecule has 0 aliphatic heterocycles. The molecule has 0 rings (SSSR count). The van der Waals surface area contributed by atoms with Gasteiger partial charge in [-0.3, -0.25) is 0 Å². The van der Waals surface area contributed by atoms with Crippen molar-refractivity contribution >= 4 is 0 Å². The third-order valence-electron chi connectivity index (χ3n) is 6.09. The molecule has 0 radical (unpaired) electrons. The molecule has 0 aliphatic rings. The van der Waals surface area contributed by atoms with E-state index in [1.165, 1.54) is 116 Å². The smallest absolute Gasteiger partial charge is 0.0331 e. The van der Waals surface area contributed by atoms with Crippen LogP contribution < -0.4 is 0 Å². The van der Waals surface area contributed by atoms with Crippen LogP contribution in [0.2, 0.25) is 0 Å². The van der Waals surface area contributed by atoms with Gasteiger partial charge in [-0.15, -0.1) is 0 Å². The topological polar surface area (TPSA) is 0 Å². The Balaban J connectivity index is 3.14. The van der Waals surface area contributed by atoms with E-state index in [2.05, 4.69) is 27.7 Å². The van der Waals surface area contributed by atoms with Gasteiger partial charge in [0.05, 0.1) is 0 Å². The van der Waals surface area contributed by atoms with Gasteiger partial charge in [-0.25, -0.2) is 0 Å². The fourth-order valence-electron chi connectivity index (χ4n) is 3.53. The standard InChI is InChI=1S/C23H48/c1-5-8-9-10-11-12-13-14-15-16-17-18-19-20-21-22-23(4,6-2)7-3/h5-22H2,1-4H3. The zero-order chi connectivity index (χ0) is 17.2. The fourth-order valence-corrected chi connectivity index (χ4v) is 3.53. The molecule has 23 heavy (non-hydrogen) atoms. The molecular formula is C23H48. The van der Waals surface area contributed by atoms with Crippen LogP contribution in [0.3, 0.4) is 0 Å². The highest BCUT2D eigenvalue weighted by molar-refractivity contribution is 4.70. The highest BCUT2D eigenvalue weighted by Gasteiger charge is 2.18. The van der Waals surface area contributed by atoms with Crippen LogP contribution in [0.25, 0.3) is 0 Å². The lowest BCUT2D eigenvalue weighted by Gasteiger charge is -2.26. The summed E-state index contributed by atoms with van der Waals surface area (Å²) in [5.74, 6) is 0. The average Bonchev–Trinajstić information content (AvgIpc) is 2.58. The minimum Gasteiger partial charge on any atom is -0.0654 e. The van der Waals surface area contributed by atoms with Crippen LogP contribution in [0, 0.1) is 5.41 Å². The van der Waals surface area contributed by atoms with Crippen LogP contribution in [0.4, 0.5) is 0 Å². The van der Waals surface area contributed by atoms with Crippen LogP contribution in [0.5, 0.6) is 0 Å². The second kappa shape index (κ2) is 16.8. The number of hydrogen-bond acceptors (Lipinski definition) is 0. The summed E-state index contributed by atoms with van der Waals surface area (Å²) in [5.41, 5.74) is 0.622. The lowest BCUT2D eigenvalue weighted by Crippen LogP contribution is -2.13. The van der Waals surface area contributed by atoms with Gasteiger partial charge in [0, 0.05) is 0 Å². The molecule has 0 aromatic heterocycles. The molecule has 0 fully saturated rings. The second-order valence-corrected chi connectivity index (χ2v) is 8.22. The maximum absolute atomic E-state index is 2.47. The van der Waals surface area contributed by atoms with E-state index in [4.69, 9.17) is 0 Å². The summed E-state index contributed by atoms with van der Waals surface area (Å²) >= 11 is 0. The van der Waals surface area contributed by atoms with Crippen molar-refractivity contribution in [3.8, 4) is 0 Å². The molecule has 140 valence electrons. The van der Waals surface area contributed by atoms with Gasteiger partial charge in [0.25, 0.3) is 0 Å². The zero-order valence-electron chi connectivity index (χ0n) is 17.2. The van der Waals surface area contributed by atoms with Gasteiger partial charge in [-0.2, -0.15) is 0 Å². The van der Waals surface area contributed by atoms with Crippen molar-refractivity contribution in [2.75, 3.05) is 0 Å². The van der Waals surface area contributed by atoms with Crippen molar-refractivity contribution in [2.45, 2.75) is 143 Å². The summed E-state index contributed by atoms with van der Waals surface area (Å²) in [6.07, 6.45) is 26.1. The van der Waals surface area contributed by atoms with Crippen molar-refractivity contribution in [3.05, 3.63) is 0 Å². The van der Waals surface area contributed by atoms with Crippen LogP contribution in [-0.4, -0.2) is 0 Å². The van der Waals surface area contributed by atoms with E-state index >= 15 is 0 Å². The predicted molar refractivity (Wildman–Crippen MR) is 108 cm³/mol. The van der Waals surface area contributed by atoms with Gasteiger partial charge in [-0.05, 0) is 11.8 Å². The normalized spacial score (nSPS) is 12.0. The molecule has 0 aromatic carbocycles. The average molecular weight is 325 g/mol. The first-order valence-electron chi connectivity index (χ1n) is 11.2. The lowest BCUT2D eigenvalue weighted by molar-refractivity contribution is 0.261. The van der Waals surface area contributed by atoms with Crippen molar-refractivity contribution in [1.82, 2.24) is 0 Å². The molecule has 0 heteroatoms. The van der Waals surface area contributed by atoms with E-state index in [0.717, 1.165) is 0 Å². The summed E-state index contributed by atoms with van der Waals surface area (Å²) in [4.78, 5) is 0. The van der Waals surface area contributed by atoms with Crippen LogP contribution in [0.15, 0.2) is 0 Å². The molecule has 0 atom stereocenters. The molecular weight excluding hydrogens is 276 g/mol. The molecule has 0 N–H and O–H groups in total. The molecule has 0 heterocycles. The Labute approximate surface area is 149 Å². The Morgan fingerprint density at radius 3 is 1.04 bits per heavy atom. The van der Waals surface area contributed by atoms with Crippen molar-refractivity contribution in [3.63, 3.8) is 0 Å². The highest BCUT2D eigenvalue weighted by atomic mass is 14.2. The van der Waals surface area contributed by atoms with Crippen LogP contribution in [0.1, 0.15) is 143 Å². The predicted octanol–water partition coefficient (Wildman–Crippen LogP) is 9.07. The van der Waals surface area contributed by atoms with Gasteiger partial charge in [0.15, 0.2) is 0 Å². The summed E-state index contributed by atoms with van der Waals surface area (Å²) < 4.78 is 0. The first-order chi connectivity index (χ1) is 11.2. The quantitative estimate of drug-likeness (QED) is 0.220. The maximum Gasteiger partial charge on any atom is -0.0331 e. The van der Waals surface area contributed by atoms with Gasteiger partial charge >= 0.3 is 0 Å². The summed E-state index contributed by atoms with van der Waals surface area (Å²) in [7, 11) is 0. The minimum atomic E-state index is 0.622. The second-order valence-electron chi connectivity index (χ2n) is 8.22. The maximum atomic E-state index is 2.47. The Bertz CT molecular complexity index is 214. The Hall–Kier alpha value is 0. The van der Waals surface area contributed by atoms with E-state index < -0.39 is 0 Å². The molecule has 0 spiro atoms. The first kappa shape index (κ1) is 23.0. The summed E-state index contributed by atoms with van der Waals surface area (Å²) in [5, 5.41) is 0. The molecule has 0 aliphatic carbocycles. The number of hydrogen-bond donors (Lipinski definition) is 0. The van der Waals surface area contributed by atoms with Gasteiger partial charge < -0.3 is 0 Å². The van der Waals surface area contributed by atoms with Gasteiger partial charge in [0.1, 0.15) is 0 Å². The van der Waals surface area contributed by atoms with Crippen molar-refractivity contribution in [1.29, 1.82) is 0 Å². The Morgan fingerprint density at radius 2 is 0.739 bits per heavy atom. The van der Waals surface area contributed by atoms with Crippen LogP contribution >= 0.6 is 0 Å². The van der Waals surface area contributed by atoms with E-state index in [-0.39, 0.29) is 0 Å². The Morgan fingerprint density at radius 1 is 0.435 bits per heavy atom. The SMILES string of the molecule is CCCCCCCCCCCCCCCCCC(C)(CC)CC. The summed E-state index contributed by atoms with van der Waals surface area (Å²) in [6, 6.07) is 0. The number of rotatable bonds is 18. The minimum absolute atomic E-state index is 0.622. The highest BCUT2D eigenvalue weighted by Crippen LogP contribution is 2.31. The molecule has 0 saturated heterocycles. The van der Waals surface area contributed by atoms with E-state index in [9.17, 15) is 0 Å². The molecule has 0 nitrogen and oxygen atoms in total. The molecule has 0 aromatic rings. The van der Waals surface area contributed by atoms with E-state index in [1.54, 1.807) is 0 Å². The molecule has 0 saturated carbocycles. The van der Waals surface area contributed by atoms with Gasteiger partial charge in [0.2, 0.25) is 0 Å². The van der Waals surface area contributed by atoms with Gasteiger partial charge in [-0.1, -0.05) is 137 Å². The van der Waals surface area contributed by atoms with Crippen LogP contribution in [-0.2, 0) is 0 Å². The lowest BCUT2D eigenvalue weighted by atomic mass is 9.80. The largest absolute Gasteiger partial charge is 0.0654 e. The Kier molecular flexibility index (Phi) is 16.8. The fraction of sp³-hybridized carbons (Fsp3) is 1.00.